The van der Waals surface area contributed by atoms with Gasteiger partial charge in [-0.1, -0.05) is 24.3 Å². The van der Waals surface area contributed by atoms with Crippen LogP contribution < -0.4 is 10.6 Å². The molecule has 0 saturated heterocycles. The van der Waals surface area contributed by atoms with Crippen LogP contribution in [0.15, 0.2) is 48.7 Å². The highest BCUT2D eigenvalue weighted by atomic mass is 16.2. The molecule has 1 saturated carbocycles. The summed E-state index contributed by atoms with van der Waals surface area (Å²) in [5, 5.41) is 7.05. The fraction of sp³-hybridized carbons (Fsp3) is 0.304. The second kappa shape index (κ2) is 7.15. The van der Waals surface area contributed by atoms with Gasteiger partial charge < -0.3 is 15.6 Å². The predicted octanol–water partition coefficient (Wildman–Crippen LogP) is 3.86. The number of hydrogen-bond donors (Lipinski definition) is 3. The molecule has 0 spiro atoms. The monoisotopic (exact) mass is 375 g/mol. The van der Waals surface area contributed by atoms with Gasteiger partial charge in [-0.05, 0) is 68.0 Å². The van der Waals surface area contributed by atoms with Gasteiger partial charge in [0.2, 0.25) is 11.8 Å². The van der Waals surface area contributed by atoms with Gasteiger partial charge in [0.05, 0.1) is 0 Å². The maximum Gasteiger partial charge on any atom is 0.240 e. The molecule has 0 bridgehead atoms. The fourth-order valence-electron chi connectivity index (χ4n) is 3.57. The summed E-state index contributed by atoms with van der Waals surface area (Å²) >= 11 is 0. The lowest BCUT2D eigenvalue weighted by Crippen LogP contribution is -2.40. The van der Waals surface area contributed by atoms with Crippen molar-refractivity contribution >= 4 is 28.4 Å². The van der Waals surface area contributed by atoms with Gasteiger partial charge in [-0.15, -0.1) is 0 Å². The summed E-state index contributed by atoms with van der Waals surface area (Å²) in [7, 11) is 0. The molecule has 0 unspecified atom stereocenters. The van der Waals surface area contributed by atoms with Crippen molar-refractivity contribution in [3.63, 3.8) is 0 Å². The summed E-state index contributed by atoms with van der Waals surface area (Å²) < 4.78 is 0. The van der Waals surface area contributed by atoms with Crippen LogP contribution in [0.1, 0.15) is 29.5 Å². The van der Waals surface area contributed by atoms with E-state index in [2.05, 4.69) is 21.7 Å². The number of carbonyl (C=O) groups is 2. The molecule has 4 rings (SSSR count). The van der Waals surface area contributed by atoms with E-state index < -0.39 is 5.41 Å². The third-order valence-corrected chi connectivity index (χ3v) is 5.74. The number of carbonyl (C=O) groups excluding carboxylic acids is 2. The average molecular weight is 375 g/mol. The van der Waals surface area contributed by atoms with E-state index in [4.69, 9.17) is 0 Å². The number of hydrogen-bond acceptors (Lipinski definition) is 2. The minimum absolute atomic E-state index is 0.173. The van der Waals surface area contributed by atoms with Gasteiger partial charge in [0.15, 0.2) is 0 Å². The topological polar surface area (TPSA) is 74.0 Å². The normalized spacial score (nSPS) is 14.6. The first-order valence-electron chi connectivity index (χ1n) is 9.72. The lowest BCUT2D eigenvalue weighted by Gasteiger charge is -2.16. The molecular weight excluding hydrogens is 350 g/mol. The maximum absolute atomic E-state index is 12.7. The number of anilines is 1. The molecule has 144 valence electrons. The number of aryl methyl sites for hydroxylation is 2. The van der Waals surface area contributed by atoms with Crippen molar-refractivity contribution in [2.24, 2.45) is 5.41 Å². The predicted molar refractivity (Wildman–Crippen MR) is 111 cm³/mol. The lowest BCUT2D eigenvalue weighted by molar-refractivity contribution is -0.134. The Bertz CT molecular complexity index is 1050. The first-order valence-corrected chi connectivity index (χ1v) is 9.72. The van der Waals surface area contributed by atoms with Gasteiger partial charge in [0.25, 0.3) is 0 Å². The minimum atomic E-state index is -0.918. The number of amides is 2. The van der Waals surface area contributed by atoms with E-state index in [1.165, 1.54) is 16.5 Å². The molecule has 3 aromatic rings. The molecule has 1 aliphatic rings. The molecule has 1 aromatic heterocycles. The van der Waals surface area contributed by atoms with E-state index in [-0.39, 0.29) is 11.8 Å². The van der Waals surface area contributed by atoms with E-state index in [0.717, 1.165) is 23.2 Å². The Balaban J connectivity index is 1.36. The standard InChI is InChI=1S/C23H25N3O2/c1-15-7-8-18(13-16(15)2)26-22(28)23(10-11-23)21(27)24-12-9-17-14-25-20-6-4-3-5-19(17)20/h3-8,13-14,25H,9-12H2,1-2H3,(H,24,27)(H,26,28). The molecule has 1 fully saturated rings. The fourth-order valence-corrected chi connectivity index (χ4v) is 3.57. The van der Waals surface area contributed by atoms with Crippen LogP contribution in [0.5, 0.6) is 0 Å². The molecule has 2 amide bonds. The molecule has 0 radical (unpaired) electrons. The first-order chi connectivity index (χ1) is 13.5. The Morgan fingerprint density at radius 2 is 1.82 bits per heavy atom. The molecule has 28 heavy (non-hydrogen) atoms. The number of rotatable bonds is 6. The third-order valence-electron chi connectivity index (χ3n) is 5.74. The highest BCUT2D eigenvalue weighted by Crippen LogP contribution is 2.46. The number of para-hydroxylation sites is 1. The molecule has 1 aliphatic carbocycles. The summed E-state index contributed by atoms with van der Waals surface area (Å²) in [4.78, 5) is 28.7. The Kier molecular flexibility index (Phi) is 4.67. The van der Waals surface area contributed by atoms with Crippen LogP contribution in [0.2, 0.25) is 0 Å². The van der Waals surface area contributed by atoms with E-state index in [9.17, 15) is 9.59 Å². The summed E-state index contributed by atoms with van der Waals surface area (Å²) in [6, 6.07) is 13.9. The SMILES string of the molecule is Cc1ccc(NC(=O)C2(C(=O)NCCc3c[nH]c4ccccc34)CC2)cc1C. The number of nitrogens with one attached hydrogen (secondary N) is 3. The largest absolute Gasteiger partial charge is 0.361 e. The lowest BCUT2D eigenvalue weighted by atomic mass is 10.0. The van der Waals surface area contributed by atoms with Gasteiger partial charge in [0, 0.05) is 29.3 Å². The average Bonchev–Trinajstić information content (AvgIpc) is 3.41. The van der Waals surface area contributed by atoms with E-state index in [0.29, 0.717) is 19.4 Å². The van der Waals surface area contributed by atoms with Crippen molar-refractivity contribution in [3.8, 4) is 0 Å². The summed E-state index contributed by atoms with van der Waals surface area (Å²) in [6.45, 7) is 4.55. The minimum Gasteiger partial charge on any atom is -0.361 e. The second-order valence-electron chi connectivity index (χ2n) is 7.70. The molecule has 1 heterocycles. The van der Waals surface area contributed by atoms with Crippen LogP contribution in [0.4, 0.5) is 5.69 Å². The Morgan fingerprint density at radius 1 is 1.04 bits per heavy atom. The molecule has 2 aromatic carbocycles. The van der Waals surface area contributed by atoms with Crippen molar-refractivity contribution in [2.45, 2.75) is 33.1 Å². The van der Waals surface area contributed by atoms with Gasteiger partial charge in [-0.2, -0.15) is 0 Å². The van der Waals surface area contributed by atoms with Crippen LogP contribution in [0.25, 0.3) is 10.9 Å². The zero-order chi connectivity index (χ0) is 19.7. The van der Waals surface area contributed by atoms with Crippen molar-refractivity contribution < 1.29 is 9.59 Å². The van der Waals surface area contributed by atoms with Gasteiger partial charge in [-0.25, -0.2) is 0 Å². The Hall–Kier alpha value is -3.08. The summed E-state index contributed by atoms with van der Waals surface area (Å²) in [5.41, 5.74) is 4.38. The Labute approximate surface area is 164 Å². The zero-order valence-electron chi connectivity index (χ0n) is 16.3. The second-order valence-corrected chi connectivity index (χ2v) is 7.70. The summed E-state index contributed by atoms with van der Waals surface area (Å²) in [5.74, 6) is -0.381. The number of benzene rings is 2. The number of H-pyrrole nitrogens is 1. The highest BCUT2D eigenvalue weighted by Gasteiger charge is 2.56. The number of fused-ring (bicyclic) bond motifs is 1. The van der Waals surface area contributed by atoms with Crippen LogP contribution in [-0.4, -0.2) is 23.3 Å². The number of aromatic amines is 1. The van der Waals surface area contributed by atoms with Crippen molar-refractivity contribution in [1.82, 2.24) is 10.3 Å². The quantitative estimate of drug-likeness (QED) is 0.572. The third kappa shape index (κ3) is 3.40. The van der Waals surface area contributed by atoms with Crippen LogP contribution >= 0.6 is 0 Å². The van der Waals surface area contributed by atoms with Gasteiger partial charge in [-0.3, -0.25) is 9.59 Å². The molecule has 5 heteroatoms. The summed E-state index contributed by atoms with van der Waals surface area (Å²) in [6.07, 6.45) is 3.91. The van der Waals surface area contributed by atoms with Crippen molar-refractivity contribution in [3.05, 3.63) is 65.4 Å². The van der Waals surface area contributed by atoms with E-state index >= 15 is 0 Å². The van der Waals surface area contributed by atoms with Crippen LogP contribution in [-0.2, 0) is 16.0 Å². The Morgan fingerprint density at radius 3 is 2.57 bits per heavy atom. The highest BCUT2D eigenvalue weighted by molar-refractivity contribution is 6.13. The molecule has 3 N–H and O–H groups in total. The van der Waals surface area contributed by atoms with Gasteiger partial charge >= 0.3 is 0 Å². The molecule has 0 aliphatic heterocycles. The maximum atomic E-state index is 12.7. The van der Waals surface area contributed by atoms with Crippen LogP contribution in [0, 0.1) is 19.3 Å². The molecule has 5 nitrogen and oxygen atoms in total. The van der Waals surface area contributed by atoms with E-state index in [1.807, 2.05) is 56.4 Å². The van der Waals surface area contributed by atoms with Crippen LogP contribution in [0.3, 0.4) is 0 Å². The molecular formula is C23H25N3O2. The van der Waals surface area contributed by atoms with Gasteiger partial charge in [0.1, 0.15) is 5.41 Å². The smallest absolute Gasteiger partial charge is 0.240 e. The first kappa shape index (κ1) is 18.3. The van der Waals surface area contributed by atoms with E-state index in [1.54, 1.807) is 0 Å². The zero-order valence-corrected chi connectivity index (χ0v) is 16.3. The molecule has 0 atom stereocenters. The van der Waals surface area contributed by atoms with Crippen molar-refractivity contribution in [2.75, 3.05) is 11.9 Å². The van der Waals surface area contributed by atoms with Crippen molar-refractivity contribution in [1.29, 1.82) is 0 Å². The number of aromatic nitrogens is 1.